The van der Waals surface area contributed by atoms with Crippen molar-refractivity contribution in [1.29, 1.82) is 0 Å². The maximum Gasteiger partial charge on any atom is 0.283 e. The van der Waals surface area contributed by atoms with Gasteiger partial charge in [0, 0.05) is 29.4 Å². The minimum absolute atomic E-state index is 0.0958. The molecule has 0 saturated carbocycles. The second-order valence-corrected chi connectivity index (χ2v) is 9.11. The Labute approximate surface area is 212 Å². The second kappa shape index (κ2) is 8.92. The first-order chi connectivity index (χ1) is 17.5. The first-order valence-corrected chi connectivity index (χ1v) is 11.9. The van der Waals surface area contributed by atoms with E-state index in [9.17, 15) is 4.79 Å². The third kappa shape index (κ3) is 3.96. The van der Waals surface area contributed by atoms with Crippen LogP contribution in [-0.2, 0) is 15.0 Å². The van der Waals surface area contributed by atoms with Gasteiger partial charge in [0.25, 0.3) is 11.9 Å². The molecule has 1 spiro atoms. The number of anilines is 1. The number of pyridine rings is 2. The fourth-order valence-corrected chi connectivity index (χ4v) is 4.83. The van der Waals surface area contributed by atoms with Crippen molar-refractivity contribution in [2.45, 2.75) is 18.4 Å². The third-order valence-corrected chi connectivity index (χ3v) is 6.65. The summed E-state index contributed by atoms with van der Waals surface area (Å²) >= 11 is 5.90. The molecule has 5 heterocycles. The predicted molar refractivity (Wildman–Crippen MR) is 134 cm³/mol. The van der Waals surface area contributed by atoms with Gasteiger partial charge in [0.1, 0.15) is 17.0 Å². The fraction of sp³-hybridized carbons (Fsp3) is 0.231. The summed E-state index contributed by atoms with van der Waals surface area (Å²) in [6, 6.07) is 10.7. The van der Waals surface area contributed by atoms with Gasteiger partial charge in [-0.2, -0.15) is 0 Å². The maximum atomic E-state index is 12.8. The largest absolute Gasteiger partial charge is 0.465 e. The normalized spacial score (nSPS) is 20.2. The standard InChI is InChI=1S/C26H22ClN5O4/c27-16-3-5-20(29-12-16)24(33)31-17-4-6-22-18(10-17)26(7-9-35-25(28)32-26)19-11-21(30-13-23(19)36-22)15-2-1-8-34-14-15/h2-6,10-13H,1,7-9,14H2,(H2,28,32)(H,31,33)/t26-/m0/s1. The number of carbonyl (C=O) groups excluding carboxylic acids is 1. The van der Waals surface area contributed by atoms with Crippen molar-refractivity contribution in [2.75, 3.05) is 25.1 Å². The summed E-state index contributed by atoms with van der Waals surface area (Å²) in [4.78, 5) is 26.3. The number of carbonyl (C=O) groups is 1. The molecule has 3 N–H and O–H groups in total. The van der Waals surface area contributed by atoms with E-state index in [2.05, 4.69) is 21.4 Å². The zero-order chi connectivity index (χ0) is 24.7. The van der Waals surface area contributed by atoms with Gasteiger partial charge < -0.3 is 25.3 Å². The molecular weight excluding hydrogens is 482 g/mol. The number of halogens is 1. The lowest BCUT2D eigenvalue weighted by Gasteiger charge is -2.39. The minimum Gasteiger partial charge on any atom is -0.465 e. The predicted octanol–water partition coefficient (Wildman–Crippen LogP) is 4.27. The van der Waals surface area contributed by atoms with Gasteiger partial charge >= 0.3 is 0 Å². The summed E-state index contributed by atoms with van der Waals surface area (Å²) in [5.74, 6) is 0.853. The summed E-state index contributed by atoms with van der Waals surface area (Å²) in [6.45, 7) is 1.58. The van der Waals surface area contributed by atoms with Crippen molar-refractivity contribution >= 4 is 34.8 Å². The summed E-state index contributed by atoms with van der Waals surface area (Å²) in [5.41, 5.74) is 9.48. The van der Waals surface area contributed by atoms with Crippen LogP contribution < -0.4 is 15.8 Å². The molecule has 0 aliphatic carbocycles. The lowest BCUT2D eigenvalue weighted by atomic mass is 9.77. The van der Waals surface area contributed by atoms with Gasteiger partial charge in [-0.1, -0.05) is 17.7 Å². The molecule has 1 aromatic carbocycles. The molecule has 182 valence electrons. The van der Waals surface area contributed by atoms with Crippen molar-refractivity contribution < 1.29 is 19.0 Å². The smallest absolute Gasteiger partial charge is 0.283 e. The molecule has 1 atom stereocenters. The highest BCUT2D eigenvalue weighted by Crippen LogP contribution is 2.52. The second-order valence-electron chi connectivity index (χ2n) is 8.67. The quantitative estimate of drug-likeness (QED) is 0.547. The molecule has 3 aromatic rings. The molecule has 3 aliphatic rings. The number of hydrogen-bond donors (Lipinski definition) is 2. The molecule has 0 bridgehead atoms. The van der Waals surface area contributed by atoms with Gasteiger partial charge in [-0.25, -0.2) is 9.98 Å². The van der Waals surface area contributed by atoms with Crippen molar-refractivity contribution in [3.8, 4) is 11.5 Å². The number of nitrogens with two attached hydrogens (primary N) is 1. The van der Waals surface area contributed by atoms with E-state index in [0.29, 0.717) is 48.5 Å². The molecule has 6 rings (SSSR count). The lowest BCUT2D eigenvalue weighted by Crippen LogP contribution is -2.38. The van der Waals surface area contributed by atoms with Gasteiger partial charge in [0.15, 0.2) is 5.75 Å². The molecule has 10 heteroatoms. The van der Waals surface area contributed by atoms with Crippen LogP contribution in [0.15, 0.2) is 59.9 Å². The van der Waals surface area contributed by atoms with Crippen LogP contribution >= 0.6 is 11.6 Å². The number of aliphatic imine (C=N–C) groups is 1. The van der Waals surface area contributed by atoms with Crippen molar-refractivity contribution in [2.24, 2.45) is 10.7 Å². The number of amides is 1. The molecule has 0 fully saturated rings. The minimum atomic E-state index is -0.863. The van der Waals surface area contributed by atoms with E-state index in [1.54, 1.807) is 30.5 Å². The van der Waals surface area contributed by atoms with Crippen LogP contribution in [0.25, 0.3) is 5.57 Å². The number of ether oxygens (including phenoxy) is 3. The molecule has 2 aromatic heterocycles. The molecule has 0 saturated heterocycles. The number of aromatic nitrogens is 2. The number of amidine groups is 1. The van der Waals surface area contributed by atoms with Crippen LogP contribution in [0.3, 0.4) is 0 Å². The van der Waals surface area contributed by atoms with Crippen LogP contribution in [0.4, 0.5) is 5.69 Å². The maximum absolute atomic E-state index is 12.8. The highest BCUT2D eigenvalue weighted by molar-refractivity contribution is 6.30. The number of rotatable bonds is 3. The number of nitrogens with one attached hydrogen (secondary N) is 1. The highest BCUT2D eigenvalue weighted by Gasteiger charge is 2.45. The number of fused-ring (bicyclic) bond motifs is 4. The average molecular weight is 504 g/mol. The monoisotopic (exact) mass is 503 g/mol. The molecule has 1 amide bonds. The van der Waals surface area contributed by atoms with E-state index in [0.717, 1.165) is 28.8 Å². The highest BCUT2D eigenvalue weighted by atomic mass is 35.5. The number of nitrogens with zero attached hydrogens (tertiary/aromatic N) is 3. The fourth-order valence-electron chi connectivity index (χ4n) is 4.72. The Balaban J connectivity index is 1.43. The van der Waals surface area contributed by atoms with E-state index >= 15 is 0 Å². The molecular formula is C26H22ClN5O4. The average Bonchev–Trinajstić information content (AvgIpc) is 2.90. The Morgan fingerprint density at radius 2 is 1.94 bits per heavy atom. The lowest BCUT2D eigenvalue weighted by molar-refractivity contribution is 0.102. The van der Waals surface area contributed by atoms with Gasteiger partial charge in [0.05, 0.1) is 36.7 Å². The Hall–Kier alpha value is -3.95. The molecule has 0 radical (unpaired) electrons. The van der Waals surface area contributed by atoms with Crippen molar-refractivity contribution in [3.63, 3.8) is 0 Å². The van der Waals surface area contributed by atoms with Crippen LogP contribution in [-0.4, -0.2) is 41.7 Å². The van der Waals surface area contributed by atoms with E-state index in [4.69, 9.17) is 36.5 Å². The van der Waals surface area contributed by atoms with Crippen LogP contribution in [0.5, 0.6) is 11.5 Å². The van der Waals surface area contributed by atoms with Gasteiger partial charge in [-0.15, -0.1) is 0 Å². The summed E-state index contributed by atoms with van der Waals surface area (Å²) < 4.78 is 17.4. The van der Waals surface area contributed by atoms with Gasteiger partial charge in [-0.05, 0) is 48.4 Å². The van der Waals surface area contributed by atoms with E-state index in [-0.39, 0.29) is 17.6 Å². The van der Waals surface area contributed by atoms with Crippen LogP contribution in [0.2, 0.25) is 5.02 Å². The number of benzene rings is 1. The molecule has 0 unspecified atom stereocenters. The van der Waals surface area contributed by atoms with Gasteiger partial charge in [0.2, 0.25) is 0 Å². The molecule has 36 heavy (non-hydrogen) atoms. The third-order valence-electron chi connectivity index (χ3n) is 6.43. The molecule has 3 aliphatic heterocycles. The van der Waals surface area contributed by atoms with E-state index in [1.807, 2.05) is 12.1 Å². The molecule has 9 nitrogen and oxygen atoms in total. The number of hydrogen-bond acceptors (Lipinski definition) is 8. The van der Waals surface area contributed by atoms with Crippen molar-refractivity contribution in [3.05, 3.63) is 82.4 Å². The topological polar surface area (TPSA) is 121 Å². The zero-order valence-corrected chi connectivity index (χ0v) is 19.9. The first-order valence-electron chi connectivity index (χ1n) is 11.5. The SMILES string of the molecule is NC1=N[C@@]2(CCO1)c1cc(NC(=O)c3ccc(Cl)cn3)ccc1Oc1cnc(C3=CCCOC3)cc12. The zero-order valence-electron chi connectivity index (χ0n) is 19.2. The Kier molecular flexibility index (Phi) is 5.58. The Morgan fingerprint density at radius 3 is 2.72 bits per heavy atom. The van der Waals surface area contributed by atoms with Crippen LogP contribution in [0, 0.1) is 0 Å². The van der Waals surface area contributed by atoms with E-state index in [1.165, 1.54) is 6.20 Å². The van der Waals surface area contributed by atoms with E-state index < -0.39 is 5.54 Å². The van der Waals surface area contributed by atoms with Gasteiger partial charge in [-0.3, -0.25) is 9.78 Å². The van der Waals surface area contributed by atoms with Crippen molar-refractivity contribution in [1.82, 2.24) is 9.97 Å². The summed E-state index contributed by atoms with van der Waals surface area (Å²) in [7, 11) is 0. The summed E-state index contributed by atoms with van der Waals surface area (Å²) in [6.07, 6.45) is 6.66. The van der Waals surface area contributed by atoms with Crippen LogP contribution in [0.1, 0.15) is 40.2 Å². The first kappa shape index (κ1) is 22.5. The summed E-state index contributed by atoms with van der Waals surface area (Å²) in [5, 5.41) is 3.36. The Bertz CT molecular complexity index is 1420. The Morgan fingerprint density at radius 1 is 1.06 bits per heavy atom.